The number of carbonyl (C=O) groups is 1. The fourth-order valence-corrected chi connectivity index (χ4v) is 4.21. The van der Waals surface area contributed by atoms with Gasteiger partial charge in [0.25, 0.3) is 0 Å². The maximum absolute atomic E-state index is 13.7. The number of rotatable bonds is 7. The maximum Gasteiger partial charge on any atom is 0.241 e. The average molecular weight is 422 g/mol. The van der Waals surface area contributed by atoms with Gasteiger partial charge in [-0.1, -0.05) is 32.0 Å². The Morgan fingerprint density at radius 1 is 1.10 bits per heavy atom. The quantitative estimate of drug-likeness (QED) is 0.714. The average Bonchev–Trinajstić information content (AvgIpc) is 2.70. The highest BCUT2D eigenvalue weighted by Gasteiger charge is 2.29. The van der Waals surface area contributed by atoms with Crippen molar-refractivity contribution in [3.8, 4) is 11.5 Å². The Balaban J connectivity index is 1.73. The van der Waals surface area contributed by atoms with Gasteiger partial charge in [-0.3, -0.25) is 4.79 Å². The lowest BCUT2D eigenvalue weighted by atomic mass is 10.0. The SMILES string of the molecule is CC(C)[C@H](NS(=O)(=O)c1ccc2c(c1)OCCO2)C(=O)NCc1ccccc1F. The number of hydrogen-bond acceptors (Lipinski definition) is 5. The van der Waals surface area contributed by atoms with E-state index in [1.807, 2.05) is 0 Å². The predicted molar refractivity (Wildman–Crippen MR) is 105 cm³/mol. The molecule has 2 N–H and O–H groups in total. The molecule has 0 aromatic heterocycles. The monoisotopic (exact) mass is 422 g/mol. The fourth-order valence-electron chi connectivity index (χ4n) is 2.85. The molecule has 0 aliphatic carbocycles. The summed E-state index contributed by atoms with van der Waals surface area (Å²) in [5.74, 6) is -0.500. The second-order valence-corrected chi connectivity index (χ2v) is 8.67. The van der Waals surface area contributed by atoms with Crippen molar-refractivity contribution >= 4 is 15.9 Å². The molecule has 29 heavy (non-hydrogen) atoms. The summed E-state index contributed by atoms with van der Waals surface area (Å²) in [6.45, 7) is 4.13. The van der Waals surface area contributed by atoms with Crippen molar-refractivity contribution in [3.63, 3.8) is 0 Å². The molecular weight excluding hydrogens is 399 g/mol. The molecule has 0 saturated heterocycles. The van der Waals surface area contributed by atoms with Crippen LogP contribution in [0.4, 0.5) is 4.39 Å². The van der Waals surface area contributed by atoms with E-state index in [4.69, 9.17) is 9.47 Å². The van der Waals surface area contributed by atoms with E-state index in [2.05, 4.69) is 10.0 Å². The summed E-state index contributed by atoms with van der Waals surface area (Å²) in [5.41, 5.74) is 0.318. The van der Waals surface area contributed by atoms with Gasteiger partial charge in [-0.25, -0.2) is 12.8 Å². The molecule has 0 fully saturated rings. The van der Waals surface area contributed by atoms with E-state index in [1.54, 1.807) is 32.0 Å². The van der Waals surface area contributed by atoms with Crippen LogP contribution in [0, 0.1) is 11.7 Å². The number of fused-ring (bicyclic) bond motifs is 1. The normalized spacial score (nSPS) is 14.5. The molecule has 1 atom stereocenters. The molecule has 0 saturated carbocycles. The minimum Gasteiger partial charge on any atom is -0.486 e. The van der Waals surface area contributed by atoms with Gasteiger partial charge >= 0.3 is 0 Å². The van der Waals surface area contributed by atoms with Crippen molar-refractivity contribution in [2.45, 2.75) is 31.3 Å². The van der Waals surface area contributed by atoms with Gasteiger partial charge in [-0.05, 0) is 24.1 Å². The molecule has 1 amide bonds. The Kier molecular flexibility index (Phi) is 6.39. The van der Waals surface area contributed by atoms with Crippen LogP contribution in [0.5, 0.6) is 11.5 Å². The van der Waals surface area contributed by atoms with E-state index in [1.165, 1.54) is 24.3 Å². The molecule has 0 spiro atoms. The molecule has 3 rings (SSSR count). The summed E-state index contributed by atoms with van der Waals surface area (Å²) in [6, 6.07) is 9.32. The summed E-state index contributed by atoms with van der Waals surface area (Å²) in [5, 5.41) is 2.59. The van der Waals surface area contributed by atoms with Gasteiger partial charge in [0.15, 0.2) is 11.5 Å². The van der Waals surface area contributed by atoms with Crippen molar-refractivity contribution in [1.82, 2.24) is 10.0 Å². The number of carbonyl (C=O) groups excluding carboxylic acids is 1. The molecule has 1 aliphatic rings. The lowest BCUT2D eigenvalue weighted by Crippen LogP contribution is -2.49. The molecular formula is C20H23FN2O5S. The second-order valence-electron chi connectivity index (χ2n) is 6.96. The zero-order valence-electron chi connectivity index (χ0n) is 16.1. The van der Waals surface area contributed by atoms with Crippen LogP contribution in [0.15, 0.2) is 47.4 Å². The van der Waals surface area contributed by atoms with Crippen LogP contribution in [0.1, 0.15) is 19.4 Å². The van der Waals surface area contributed by atoms with E-state index in [9.17, 15) is 17.6 Å². The van der Waals surface area contributed by atoms with Gasteiger partial charge in [-0.15, -0.1) is 0 Å². The topological polar surface area (TPSA) is 93.7 Å². The number of hydrogen-bond donors (Lipinski definition) is 2. The molecule has 1 heterocycles. The minimum atomic E-state index is -3.99. The number of sulfonamides is 1. The number of benzene rings is 2. The summed E-state index contributed by atoms with van der Waals surface area (Å²) >= 11 is 0. The fraction of sp³-hybridized carbons (Fsp3) is 0.350. The summed E-state index contributed by atoms with van der Waals surface area (Å²) < 4.78 is 52.6. The number of nitrogens with one attached hydrogen (secondary N) is 2. The Hall–Kier alpha value is -2.65. The van der Waals surface area contributed by atoms with Crippen LogP contribution in [0.25, 0.3) is 0 Å². The van der Waals surface area contributed by atoms with Crippen LogP contribution in [-0.4, -0.2) is 33.6 Å². The molecule has 0 bridgehead atoms. The highest BCUT2D eigenvalue weighted by atomic mass is 32.2. The lowest BCUT2D eigenvalue weighted by molar-refractivity contribution is -0.123. The molecule has 156 valence electrons. The first-order valence-corrected chi connectivity index (χ1v) is 10.7. The number of amides is 1. The van der Waals surface area contributed by atoms with Gasteiger partial charge in [0.1, 0.15) is 25.1 Å². The van der Waals surface area contributed by atoms with Gasteiger partial charge in [-0.2, -0.15) is 4.72 Å². The zero-order chi connectivity index (χ0) is 21.0. The molecule has 1 aliphatic heterocycles. The van der Waals surface area contributed by atoms with Gasteiger partial charge < -0.3 is 14.8 Å². The molecule has 0 radical (unpaired) electrons. The number of halogens is 1. The minimum absolute atomic E-state index is 0.0331. The first kappa shape index (κ1) is 21.1. The summed E-state index contributed by atoms with van der Waals surface area (Å²) in [4.78, 5) is 12.6. The van der Waals surface area contributed by atoms with Gasteiger partial charge in [0, 0.05) is 18.2 Å². The van der Waals surface area contributed by atoms with E-state index >= 15 is 0 Å². The van der Waals surface area contributed by atoms with Gasteiger partial charge in [0.2, 0.25) is 15.9 Å². The molecule has 2 aromatic carbocycles. The first-order valence-electron chi connectivity index (χ1n) is 9.21. The lowest BCUT2D eigenvalue weighted by Gasteiger charge is -2.23. The van der Waals surface area contributed by atoms with E-state index in [-0.39, 0.29) is 17.4 Å². The largest absolute Gasteiger partial charge is 0.486 e. The van der Waals surface area contributed by atoms with Crippen molar-refractivity contribution in [2.24, 2.45) is 5.92 Å². The standard InChI is InChI=1S/C20H23FN2O5S/c1-13(2)19(20(24)22-12-14-5-3-4-6-16(14)21)23-29(25,26)15-7-8-17-18(11-15)28-10-9-27-17/h3-8,11,13,19,23H,9-10,12H2,1-2H3,(H,22,24)/t19-/m0/s1. The third-order valence-corrected chi connectivity index (χ3v) is 5.90. The van der Waals surface area contributed by atoms with E-state index in [0.717, 1.165) is 0 Å². The third kappa shape index (κ3) is 5.04. The van der Waals surface area contributed by atoms with Crippen molar-refractivity contribution in [1.29, 1.82) is 0 Å². The first-order chi connectivity index (χ1) is 13.8. The molecule has 7 nitrogen and oxygen atoms in total. The van der Waals surface area contributed by atoms with Crippen molar-refractivity contribution in [3.05, 3.63) is 53.8 Å². The Bertz CT molecular complexity index is 994. The number of ether oxygens (including phenoxy) is 2. The van der Waals surface area contributed by atoms with Crippen LogP contribution >= 0.6 is 0 Å². The predicted octanol–water partition coefficient (Wildman–Crippen LogP) is 2.22. The molecule has 2 aromatic rings. The summed E-state index contributed by atoms with van der Waals surface area (Å²) in [6.07, 6.45) is 0. The smallest absolute Gasteiger partial charge is 0.241 e. The second kappa shape index (κ2) is 8.79. The Labute approximate surface area is 169 Å². The van der Waals surface area contributed by atoms with E-state index < -0.39 is 27.8 Å². The van der Waals surface area contributed by atoms with Crippen molar-refractivity contribution < 1.29 is 27.1 Å². The van der Waals surface area contributed by atoms with Crippen LogP contribution in [-0.2, 0) is 21.4 Å². The van der Waals surface area contributed by atoms with Crippen molar-refractivity contribution in [2.75, 3.05) is 13.2 Å². The van der Waals surface area contributed by atoms with E-state index in [0.29, 0.717) is 30.3 Å². The summed E-state index contributed by atoms with van der Waals surface area (Å²) in [7, 11) is -3.99. The third-order valence-electron chi connectivity index (χ3n) is 4.47. The Morgan fingerprint density at radius 3 is 2.48 bits per heavy atom. The highest BCUT2D eigenvalue weighted by Crippen LogP contribution is 2.32. The van der Waals surface area contributed by atoms with Crippen LogP contribution in [0.2, 0.25) is 0 Å². The molecule has 0 unspecified atom stereocenters. The van der Waals surface area contributed by atoms with Gasteiger partial charge in [0.05, 0.1) is 4.90 Å². The van der Waals surface area contributed by atoms with Crippen LogP contribution in [0.3, 0.4) is 0 Å². The zero-order valence-corrected chi connectivity index (χ0v) is 17.0. The van der Waals surface area contributed by atoms with Crippen LogP contribution < -0.4 is 19.5 Å². The highest BCUT2D eigenvalue weighted by molar-refractivity contribution is 7.89. The maximum atomic E-state index is 13.7. The molecule has 9 heteroatoms. The Morgan fingerprint density at radius 2 is 1.79 bits per heavy atom.